The molecule has 2 aromatic carbocycles. The van der Waals surface area contributed by atoms with Crippen LogP contribution >= 0.6 is 0 Å². The second-order valence-electron chi connectivity index (χ2n) is 8.31. The Hall–Kier alpha value is -3.50. The Kier molecular flexibility index (Phi) is 7.56. The van der Waals surface area contributed by atoms with E-state index in [0.717, 1.165) is 5.56 Å². The number of sulfonamides is 1. The Morgan fingerprint density at radius 3 is 2.42 bits per heavy atom. The van der Waals surface area contributed by atoms with Gasteiger partial charge in [-0.3, -0.25) is 0 Å². The standard InChI is InChI=1S/C26H30N2O7S/c1-5-32-20-8-10-21(11-9-20)36(30,31)28(14-19-7-12-23-24(13-19)35-16-34-23)15-22-17(3)25(27-18(22)4)26(29)33-6-2/h7-13,27H,5-6,14-16H2,1-4H3. The Morgan fingerprint density at radius 1 is 1.00 bits per heavy atom. The van der Waals surface area contributed by atoms with E-state index in [4.69, 9.17) is 18.9 Å². The number of carbonyl (C=O) groups excluding carboxylic acids is 1. The zero-order chi connectivity index (χ0) is 25.9. The van der Waals surface area contributed by atoms with Gasteiger partial charge in [0.2, 0.25) is 16.8 Å². The van der Waals surface area contributed by atoms with Crippen LogP contribution in [0.1, 0.15) is 46.7 Å². The summed E-state index contributed by atoms with van der Waals surface area (Å²) in [6, 6.07) is 11.7. The third-order valence-corrected chi connectivity index (χ3v) is 7.78. The molecule has 1 aromatic heterocycles. The molecule has 0 radical (unpaired) electrons. The van der Waals surface area contributed by atoms with Crippen molar-refractivity contribution >= 4 is 16.0 Å². The molecule has 2 heterocycles. The van der Waals surface area contributed by atoms with Gasteiger partial charge in [0, 0.05) is 18.8 Å². The monoisotopic (exact) mass is 514 g/mol. The quantitative estimate of drug-likeness (QED) is 0.401. The number of fused-ring (bicyclic) bond motifs is 1. The van der Waals surface area contributed by atoms with Crippen LogP contribution in [0, 0.1) is 13.8 Å². The van der Waals surface area contributed by atoms with Gasteiger partial charge >= 0.3 is 5.97 Å². The summed E-state index contributed by atoms with van der Waals surface area (Å²) in [5.74, 6) is 1.32. The highest BCUT2D eigenvalue weighted by Crippen LogP contribution is 2.34. The number of aryl methyl sites for hydroxylation is 1. The van der Waals surface area contributed by atoms with Gasteiger partial charge < -0.3 is 23.9 Å². The van der Waals surface area contributed by atoms with Crippen molar-refractivity contribution in [3.8, 4) is 17.2 Å². The second-order valence-corrected chi connectivity index (χ2v) is 10.3. The molecule has 0 bridgehead atoms. The minimum Gasteiger partial charge on any atom is -0.494 e. The normalized spacial score (nSPS) is 12.7. The summed E-state index contributed by atoms with van der Waals surface area (Å²) in [6.07, 6.45) is 0. The molecule has 192 valence electrons. The number of benzene rings is 2. The Balaban J connectivity index is 1.71. The zero-order valence-electron chi connectivity index (χ0n) is 20.8. The Morgan fingerprint density at radius 2 is 1.72 bits per heavy atom. The third kappa shape index (κ3) is 5.19. The van der Waals surface area contributed by atoms with Crippen molar-refractivity contribution < 1.29 is 32.2 Å². The lowest BCUT2D eigenvalue weighted by molar-refractivity contribution is 0.0519. The van der Waals surface area contributed by atoms with Gasteiger partial charge in [-0.2, -0.15) is 4.31 Å². The first-order valence-electron chi connectivity index (χ1n) is 11.7. The van der Waals surface area contributed by atoms with Crippen molar-refractivity contribution in [1.82, 2.24) is 9.29 Å². The van der Waals surface area contributed by atoms with Crippen molar-refractivity contribution in [2.45, 2.75) is 45.7 Å². The first-order chi connectivity index (χ1) is 17.2. The molecule has 36 heavy (non-hydrogen) atoms. The molecular weight excluding hydrogens is 484 g/mol. The second kappa shape index (κ2) is 10.6. The van der Waals surface area contributed by atoms with Crippen LogP contribution in [0.25, 0.3) is 0 Å². The molecule has 0 saturated heterocycles. The largest absolute Gasteiger partial charge is 0.494 e. The SMILES string of the molecule is CCOC(=O)c1[nH]c(C)c(CN(Cc2ccc3c(c2)OCO3)S(=O)(=O)c2ccc(OCC)cc2)c1C. The van der Waals surface area contributed by atoms with Crippen molar-refractivity contribution in [1.29, 1.82) is 0 Å². The molecule has 9 nitrogen and oxygen atoms in total. The van der Waals surface area contributed by atoms with E-state index in [2.05, 4.69) is 4.98 Å². The van der Waals surface area contributed by atoms with Crippen LogP contribution in [-0.4, -0.2) is 43.7 Å². The smallest absolute Gasteiger partial charge is 0.355 e. The van der Waals surface area contributed by atoms with Gasteiger partial charge in [0.15, 0.2) is 11.5 Å². The topological polar surface area (TPSA) is 107 Å². The molecule has 0 unspecified atom stereocenters. The summed E-state index contributed by atoms with van der Waals surface area (Å²) >= 11 is 0. The first kappa shape index (κ1) is 25.6. The summed E-state index contributed by atoms with van der Waals surface area (Å²) in [4.78, 5) is 15.6. The van der Waals surface area contributed by atoms with E-state index in [1.807, 2.05) is 19.9 Å². The number of aromatic amines is 1. The molecule has 0 saturated carbocycles. The minimum atomic E-state index is -3.92. The molecule has 1 aliphatic heterocycles. The predicted octanol–water partition coefficient (Wildman–Crippen LogP) is 4.33. The maximum Gasteiger partial charge on any atom is 0.355 e. The predicted molar refractivity (Wildman–Crippen MR) is 133 cm³/mol. The fraction of sp³-hybridized carbons (Fsp3) is 0.346. The molecule has 0 fully saturated rings. The van der Waals surface area contributed by atoms with Crippen LogP contribution in [0.5, 0.6) is 17.2 Å². The Bertz CT molecular complexity index is 1350. The summed E-state index contributed by atoms with van der Waals surface area (Å²) < 4.78 is 50.5. The number of carbonyl (C=O) groups is 1. The fourth-order valence-corrected chi connectivity index (χ4v) is 5.50. The maximum atomic E-state index is 13.8. The van der Waals surface area contributed by atoms with E-state index in [-0.39, 0.29) is 31.4 Å². The van der Waals surface area contributed by atoms with Crippen molar-refractivity contribution in [2.24, 2.45) is 0 Å². The zero-order valence-corrected chi connectivity index (χ0v) is 21.6. The number of H-pyrrole nitrogens is 1. The van der Waals surface area contributed by atoms with Crippen molar-refractivity contribution in [2.75, 3.05) is 20.0 Å². The molecule has 0 spiro atoms. The van der Waals surface area contributed by atoms with E-state index in [1.165, 1.54) is 16.4 Å². The molecule has 0 atom stereocenters. The first-order valence-corrected chi connectivity index (χ1v) is 13.1. The highest BCUT2D eigenvalue weighted by molar-refractivity contribution is 7.89. The molecule has 1 aliphatic rings. The van der Waals surface area contributed by atoms with Gasteiger partial charge in [0.1, 0.15) is 11.4 Å². The van der Waals surface area contributed by atoms with Crippen LogP contribution in [0.2, 0.25) is 0 Å². The lowest BCUT2D eigenvalue weighted by atomic mass is 10.1. The number of esters is 1. The van der Waals surface area contributed by atoms with Gasteiger partial charge in [0.25, 0.3) is 0 Å². The summed E-state index contributed by atoms with van der Waals surface area (Å²) in [7, 11) is -3.92. The van der Waals surface area contributed by atoms with Crippen LogP contribution in [0.15, 0.2) is 47.4 Å². The number of rotatable bonds is 10. The highest BCUT2D eigenvalue weighted by Gasteiger charge is 2.29. The number of hydrogen-bond donors (Lipinski definition) is 1. The average molecular weight is 515 g/mol. The molecule has 3 aromatic rings. The summed E-state index contributed by atoms with van der Waals surface area (Å²) in [6.45, 7) is 8.20. The molecule has 4 rings (SSSR count). The highest BCUT2D eigenvalue weighted by atomic mass is 32.2. The van der Waals surface area contributed by atoms with E-state index < -0.39 is 16.0 Å². The number of hydrogen-bond acceptors (Lipinski definition) is 7. The molecule has 0 aliphatic carbocycles. The van der Waals surface area contributed by atoms with E-state index in [1.54, 1.807) is 38.1 Å². The number of nitrogens with zero attached hydrogens (tertiary/aromatic N) is 1. The van der Waals surface area contributed by atoms with E-state index >= 15 is 0 Å². The van der Waals surface area contributed by atoms with Gasteiger partial charge in [-0.25, -0.2) is 13.2 Å². The van der Waals surface area contributed by atoms with Crippen LogP contribution in [-0.2, 0) is 27.8 Å². The Labute approximate surface area is 211 Å². The molecule has 1 N–H and O–H groups in total. The summed E-state index contributed by atoms with van der Waals surface area (Å²) in [5.41, 5.74) is 3.14. The fourth-order valence-electron chi connectivity index (χ4n) is 4.10. The number of aromatic nitrogens is 1. The lowest BCUT2D eigenvalue weighted by Gasteiger charge is -2.23. The van der Waals surface area contributed by atoms with Crippen molar-refractivity contribution in [3.63, 3.8) is 0 Å². The van der Waals surface area contributed by atoms with Gasteiger partial charge in [0.05, 0.1) is 18.1 Å². The molecule has 10 heteroatoms. The van der Waals surface area contributed by atoms with E-state index in [9.17, 15) is 13.2 Å². The van der Waals surface area contributed by atoms with Gasteiger partial charge in [-0.1, -0.05) is 6.07 Å². The third-order valence-electron chi connectivity index (χ3n) is 5.98. The lowest BCUT2D eigenvalue weighted by Crippen LogP contribution is -2.30. The van der Waals surface area contributed by atoms with Gasteiger partial charge in [-0.05, 0) is 80.8 Å². The van der Waals surface area contributed by atoms with Crippen LogP contribution in [0.4, 0.5) is 0 Å². The maximum absolute atomic E-state index is 13.8. The summed E-state index contributed by atoms with van der Waals surface area (Å²) in [5, 5.41) is 0. The van der Waals surface area contributed by atoms with Crippen LogP contribution in [0.3, 0.4) is 0 Å². The van der Waals surface area contributed by atoms with Crippen molar-refractivity contribution in [3.05, 3.63) is 70.5 Å². The number of nitrogens with one attached hydrogen (secondary N) is 1. The van der Waals surface area contributed by atoms with Gasteiger partial charge in [-0.15, -0.1) is 0 Å². The van der Waals surface area contributed by atoms with Crippen LogP contribution < -0.4 is 14.2 Å². The molecule has 0 amide bonds. The molecular formula is C26H30N2O7S. The minimum absolute atomic E-state index is 0.0531. The average Bonchev–Trinajstić information content (AvgIpc) is 3.43. The number of ether oxygens (including phenoxy) is 4. The van der Waals surface area contributed by atoms with E-state index in [0.29, 0.717) is 46.4 Å².